The summed E-state index contributed by atoms with van der Waals surface area (Å²) in [5, 5.41) is 0. The summed E-state index contributed by atoms with van der Waals surface area (Å²) in [6.07, 6.45) is 0.427. The zero-order valence-electron chi connectivity index (χ0n) is 9.51. The Balaban J connectivity index is 2.21. The summed E-state index contributed by atoms with van der Waals surface area (Å²) in [4.78, 5) is 1.09. The van der Waals surface area contributed by atoms with Crippen LogP contribution in [0.4, 0.5) is 8.78 Å². The Morgan fingerprint density at radius 1 is 1.33 bits per heavy atom. The molecule has 0 nitrogen and oxygen atoms in total. The molecule has 0 N–H and O–H groups in total. The van der Waals surface area contributed by atoms with Crippen LogP contribution in [0.1, 0.15) is 20.8 Å². The highest BCUT2D eigenvalue weighted by Gasteiger charge is 2.16. The smallest absolute Gasteiger partial charge is 0.162 e. The van der Waals surface area contributed by atoms with Crippen LogP contribution in [0.2, 0.25) is 0 Å². The zero-order valence-corrected chi connectivity index (χ0v) is 13.5. The number of benzene rings is 1. The standard InChI is InChI=1S/C13H10Br2F2S/c1-7-5-11(18-13(7)15)9(14)6-8-3-2-4-10(16)12(8)17/h2-5,9H,6H2,1H3. The second-order valence-electron chi connectivity index (χ2n) is 3.99. The second kappa shape index (κ2) is 5.80. The molecule has 1 aromatic heterocycles. The topological polar surface area (TPSA) is 0 Å². The van der Waals surface area contributed by atoms with Crippen molar-refractivity contribution in [2.24, 2.45) is 0 Å². The molecule has 1 atom stereocenters. The molecule has 1 aromatic carbocycles. The molecule has 2 rings (SSSR count). The van der Waals surface area contributed by atoms with E-state index in [-0.39, 0.29) is 4.83 Å². The van der Waals surface area contributed by atoms with Gasteiger partial charge in [0.15, 0.2) is 11.6 Å². The van der Waals surface area contributed by atoms with Crippen LogP contribution in [0, 0.1) is 18.6 Å². The van der Waals surface area contributed by atoms with Crippen LogP contribution < -0.4 is 0 Å². The molecule has 0 aliphatic carbocycles. The third-order valence-corrected chi connectivity index (χ3v) is 5.99. The van der Waals surface area contributed by atoms with E-state index in [1.807, 2.05) is 13.0 Å². The largest absolute Gasteiger partial charge is 0.204 e. The molecular formula is C13H10Br2F2S. The number of aryl methyl sites for hydroxylation is 1. The highest BCUT2D eigenvalue weighted by Crippen LogP contribution is 2.37. The van der Waals surface area contributed by atoms with E-state index in [0.29, 0.717) is 12.0 Å². The van der Waals surface area contributed by atoms with E-state index >= 15 is 0 Å². The van der Waals surface area contributed by atoms with Gasteiger partial charge in [0.25, 0.3) is 0 Å². The van der Waals surface area contributed by atoms with Gasteiger partial charge in [-0.15, -0.1) is 11.3 Å². The molecule has 5 heteroatoms. The fraction of sp³-hybridized carbons (Fsp3) is 0.231. The lowest BCUT2D eigenvalue weighted by molar-refractivity contribution is 0.498. The summed E-state index contributed by atoms with van der Waals surface area (Å²) < 4.78 is 27.7. The van der Waals surface area contributed by atoms with Crippen LogP contribution in [-0.4, -0.2) is 0 Å². The van der Waals surface area contributed by atoms with E-state index in [1.165, 1.54) is 6.07 Å². The first-order valence-corrected chi connectivity index (χ1v) is 7.84. The van der Waals surface area contributed by atoms with Crippen molar-refractivity contribution >= 4 is 43.2 Å². The first-order chi connectivity index (χ1) is 8.49. The van der Waals surface area contributed by atoms with Crippen molar-refractivity contribution in [3.05, 3.63) is 55.7 Å². The molecule has 0 saturated carbocycles. The van der Waals surface area contributed by atoms with E-state index < -0.39 is 11.6 Å². The van der Waals surface area contributed by atoms with Gasteiger partial charge in [0.1, 0.15) is 0 Å². The molecule has 2 aromatic rings. The van der Waals surface area contributed by atoms with Gasteiger partial charge in [-0.25, -0.2) is 8.78 Å². The van der Waals surface area contributed by atoms with E-state index in [0.717, 1.165) is 20.3 Å². The summed E-state index contributed by atoms with van der Waals surface area (Å²) in [5.41, 5.74) is 1.54. The second-order valence-corrected chi connectivity index (χ2v) is 7.50. The minimum atomic E-state index is -0.796. The van der Waals surface area contributed by atoms with E-state index in [1.54, 1.807) is 17.4 Å². The Labute approximate surface area is 125 Å². The molecule has 0 spiro atoms. The minimum absolute atomic E-state index is 0.0104. The Hall–Kier alpha value is -0.260. The molecule has 18 heavy (non-hydrogen) atoms. The van der Waals surface area contributed by atoms with E-state index in [4.69, 9.17) is 0 Å². The maximum Gasteiger partial charge on any atom is 0.162 e. The lowest BCUT2D eigenvalue weighted by atomic mass is 10.1. The minimum Gasteiger partial charge on any atom is -0.204 e. The van der Waals surface area contributed by atoms with Gasteiger partial charge in [-0.3, -0.25) is 0 Å². The lowest BCUT2D eigenvalue weighted by Gasteiger charge is -2.08. The predicted octanol–water partition coefficient (Wildman–Crippen LogP) is 5.78. The van der Waals surface area contributed by atoms with Crippen LogP contribution in [-0.2, 0) is 6.42 Å². The zero-order chi connectivity index (χ0) is 13.3. The van der Waals surface area contributed by atoms with Crippen molar-refractivity contribution in [3.63, 3.8) is 0 Å². The monoisotopic (exact) mass is 394 g/mol. The quantitative estimate of drug-likeness (QED) is 0.578. The van der Waals surface area contributed by atoms with E-state index in [9.17, 15) is 8.78 Å². The molecule has 0 aliphatic rings. The number of halogens is 4. The predicted molar refractivity (Wildman–Crippen MR) is 78.5 cm³/mol. The van der Waals surface area contributed by atoms with Crippen molar-refractivity contribution in [3.8, 4) is 0 Å². The normalized spacial score (nSPS) is 12.7. The van der Waals surface area contributed by atoms with Gasteiger partial charge in [-0.1, -0.05) is 28.1 Å². The first-order valence-electron chi connectivity index (χ1n) is 5.32. The molecule has 0 bridgehead atoms. The van der Waals surface area contributed by atoms with Crippen molar-refractivity contribution in [1.29, 1.82) is 0 Å². The van der Waals surface area contributed by atoms with Crippen LogP contribution in [0.5, 0.6) is 0 Å². The van der Waals surface area contributed by atoms with Crippen molar-refractivity contribution in [2.75, 3.05) is 0 Å². The van der Waals surface area contributed by atoms with Gasteiger partial charge in [0.05, 0.1) is 8.61 Å². The summed E-state index contributed by atoms with van der Waals surface area (Å²) in [5.74, 6) is -1.55. The fourth-order valence-corrected chi connectivity index (χ4v) is 3.95. The van der Waals surface area contributed by atoms with Crippen LogP contribution in [0.15, 0.2) is 28.1 Å². The van der Waals surface area contributed by atoms with Gasteiger partial charge < -0.3 is 0 Å². The number of hydrogen-bond donors (Lipinski definition) is 0. The number of alkyl halides is 1. The highest BCUT2D eigenvalue weighted by molar-refractivity contribution is 9.11. The van der Waals surface area contributed by atoms with Gasteiger partial charge in [-0.05, 0) is 52.5 Å². The van der Waals surface area contributed by atoms with Crippen molar-refractivity contribution in [1.82, 2.24) is 0 Å². The van der Waals surface area contributed by atoms with Crippen molar-refractivity contribution < 1.29 is 8.78 Å². The molecule has 1 heterocycles. The Kier molecular flexibility index (Phi) is 4.56. The van der Waals surface area contributed by atoms with Crippen LogP contribution in [0.3, 0.4) is 0 Å². The van der Waals surface area contributed by atoms with E-state index in [2.05, 4.69) is 31.9 Å². The third kappa shape index (κ3) is 3.00. The van der Waals surface area contributed by atoms with Gasteiger partial charge in [0.2, 0.25) is 0 Å². The summed E-state index contributed by atoms with van der Waals surface area (Å²) in [6.45, 7) is 2.01. The molecule has 0 aliphatic heterocycles. The first kappa shape index (κ1) is 14.2. The lowest BCUT2D eigenvalue weighted by Crippen LogP contribution is -1.98. The Bertz CT molecular complexity index is 547. The molecule has 0 saturated heterocycles. The number of rotatable bonds is 3. The molecule has 1 unspecified atom stereocenters. The molecule has 0 amide bonds. The molecule has 0 fully saturated rings. The van der Waals surface area contributed by atoms with Crippen LogP contribution >= 0.6 is 43.2 Å². The SMILES string of the molecule is Cc1cc(C(Br)Cc2cccc(F)c2F)sc1Br. The summed E-state index contributed by atoms with van der Waals surface area (Å²) in [6, 6.07) is 6.32. The Morgan fingerprint density at radius 2 is 2.06 bits per heavy atom. The third-order valence-electron chi connectivity index (χ3n) is 2.62. The van der Waals surface area contributed by atoms with Gasteiger partial charge in [-0.2, -0.15) is 0 Å². The average molecular weight is 396 g/mol. The Morgan fingerprint density at radius 3 is 2.67 bits per heavy atom. The fourth-order valence-electron chi connectivity index (χ4n) is 1.64. The van der Waals surface area contributed by atoms with Gasteiger partial charge >= 0.3 is 0 Å². The summed E-state index contributed by atoms with van der Waals surface area (Å²) >= 11 is 8.59. The van der Waals surface area contributed by atoms with Crippen LogP contribution in [0.25, 0.3) is 0 Å². The van der Waals surface area contributed by atoms with Crippen molar-refractivity contribution in [2.45, 2.75) is 18.2 Å². The molecule has 96 valence electrons. The molecule has 0 radical (unpaired) electrons. The summed E-state index contributed by atoms with van der Waals surface area (Å²) in [7, 11) is 0. The molecular weight excluding hydrogens is 386 g/mol. The van der Waals surface area contributed by atoms with Gasteiger partial charge in [0, 0.05) is 4.88 Å². The number of hydrogen-bond acceptors (Lipinski definition) is 1. The maximum atomic E-state index is 13.6. The highest BCUT2D eigenvalue weighted by atomic mass is 79.9. The maximum absolute atomic E-state index is 13.6. The average Bonchev–Trinajstić information content (AvgIpc) is 2.66. The number of thiophene rings is 1.